The second-order valence-corrected chi connectivity index (χ2v) is 6.00. The number of nitrogens with one attached hydrogen (secondary N) is 1. The van der Waals surface area contributed by atoms with Gasteiger partial charge in [0.2, 0.25) is 0 Å². The Bertz CT molecular complexity index is 592. The lowest BCUT2D eigenvalue weighted by atomic mass is 9.70. The smallest absolute Gasteiger partial charge is 0.335 e. The summed E-state index contributed by atoms with van der Waals surface area (Å²) in [6, 6.07) is 5.86. The molecule has 0 bridgehead atoms. The molecule has 6 nitrogen and oxygen atoms in total. The zero-order valence-corrected chi connectivity index (χ0v) is 13.1. The highest BCUT2D eigenvalue weighted by Gasteiger charge is 2.59. The minimum atomic E-state index is -1.01. The highest BCUT2D eigenvalue weighted by atomic mass is 16.6. The molecule has 23 heavy (non-hydrogen) atoms. The summed E-state index contributed by atoms with van der Waals surface area (Å²) in [5, 5.41) is 11.9. The Morgan fingerprint density at radius 3 is 2.61 bits per heavy atom. The van der Waals surface area contributed by atoms with Crippen molar-refractivity contribution in [1.82, 2.24) is 5.32 Å². The quantitative estimate of drug-likeness (QED) is 0.865. The van der Waals surface area contributed by atoms with E-state index in [1.807, 2.05) is 6.92 Å². The topological polar surface area (TPSA) is 84.9 Å². The molecule has 0 radical (unpaired) electrons. The van der Waals surface area contributed by atoms with E-state index in [1.54, 1.807) is 0 Å². The number of carboxylic acids is 1. The molecular weight excluding hydrogens is 298 g/mol. The molecule has 1 amide bonds. The van der Waals surface area contributed by atoms with Crippen molar-refractivity contribution in [3.63, 3.8) is 0 Å². The molecule has 2 fully saturated rings. The Labute approximate surface area is 134 Å². The van der Waals surface area contributed by atoms with Gasteiger partial charge in [0.05, 0.1) is 17.7 Å². The normalized spacial score (nSPS) is 29.3. The molecule has 1 aromatic carbocycles. The van der Waals surface area contributed by atoms with E-state index in [9.17, 15) is 9.59 Å². The van der Waals surface area contributed by atoms with Gasteiger partial charge in [-0.3, -0.25) is 4.79 Å². The van der Waals surface area contributed by atoms with Crippen molar-refractivity contribution in [1.29, 1.82) is 0 Å². The minimum absolute atomic E-state index is 0.0367. The van der Waals surface area contributed by atoms with Crippen molar-refractivity contribution in [2.24, 2.45) is 0 Å². The molecule has 3 rings (SSSR count). The van der Waals surface area contributed by atoms with Gasteiger partial charge in [0, 0.05) is 18.8 Å². The summed E-state index contributed by atoms with van der Waals surface area (Å²) in [7, 11) is 0. The monoisotopic (exact) mass is 319 g/mol. The van der Waals surface area contributed by atoms with Crippen LogP contribution in [-0.4, -0.2) is 47.9 Å². The molecule has 6 heteroatoms. The van der Waals surface area contributed by atoms with Crippen LogP contribution >= 0.6 is 0 Å². The molecule has 3 unspecified atom stereocenters. The number of hydrogen-bond acceptors (Lipinski definition) is 4. The van der Waals surface area contributed by atoms with Gasteiger partial charge in [0.25, 0.3) is 5.91 Å². The molecule has 1 heterocycles. The molecule has 124 valence electrons. The maximum absolute atomic E-state index is 12.4. The van der Waals surface area contributed by atoms with Crippen LogP contribution in [0.15, 0.2) is 24.3 Å². The molecule has 3 atom stereocenters. The molecule has 1 aliphatic carbocycles. The highest BCUT2D eigenvalue weighted by Crippen LogP contribution is 2.45. The summed E-state index contributed by atoms with van der Waals surface area (Å²) in [4.78, 5) is 23.2. The van der Waals surface area contributed by atoms with E-state index in [4.69, 9.17) is 14.6 Å². The molecule has 1 aliphatic heterocycles. The average Bonchev–Trinajstić information content (AvgIpc) is 3.06. The van der Waals surface area contributed by atoms with Gasteiger partial charge in [-0.25, -0.2) is 4.79 Å². The summed E-state index contributed by atoms with van der Waals surface area (Å²) in [6.45, 7) is 3.29. The predicted molar refractivity (Wildman–Crippen MR) is 82.6 cm³/mol. The number of carbonyl (C=O) groups is 2. The molecule has 1 saturated carbocycles. The van der Waals surface area contributed by atoms with Crippen molar-refractivity contribution in [2.75, 3.05) is 13.2 Å². The molecule has 1 aromatic rings. The minimum Gasteiger partial charge on any atom is -0.478 e. The number of amides is 1. The third-order valence-corrected chi connectivity index (χ3v) is 4.73. The summed E-state index contributed by atoms with van der Waals surface area (Å²) >= 11 is 0. The summed E-state index contributed by atoms with van der Waals surface area (Å²) in [6.07, 6.45) is 2.64. The van der Waals surface area contributed by atoms with E-state index in [-0.39, 0.29) is 23.6 Å². The lowest BCUT2D eigenvalue weighted by Crippen LogP contribution is -2.69. The van der Waals surface area contributed by atoms with Crippen LogP contribution in [0.25, 0.3) is 0 Å². The Kier molecular flexibility index (Phi) is 4.37. The van der Waals surface area contributed by atoms with Crippen LogP contribution in [0.3, 0.4) is 0 Å². The van der Waals surface area contributed by atoms with Gasteiger partial charge >= 0.3 is 5.97 Å². The standard InChI is InChI=1S/C17H21NO5/c1-2-22-14-10-13(17(14)8-3-9-23-17)18-15(19)11-4-6-12(7-5-11)16(20)21/h4-7,13-14H,2-3,8-10H2,1H3,(H,18,19)(H,20,21). The zero-order valence-electron chi connectivity index (χ0n) is 13.1. The second-order valence-electron chi connectivity index (χ2n) is 6.00. The molecule has 0 aromatic heterocycles. The highest BCUT2D eigenvalue weighted by molar-refractivity contribution is 5.96. The first kappa shape index (κ1) is 16.0. The lowest BCUT2D eigenvalue weighted by Gasteiger charge is -2.52. The number of ether oxygens (including phenoxy) is 2. The SMILES string of the molecule is CCOC1CC(NC(=O)c2ccc(C(=O)O)cc2)C12CCCO2. The first-order chi connectivity index (χ1) is 11.1. The van der Waals surface area contributed by atoms with E-state index >= 15 is 0 Å². The molecule has 1 spiro atoms. The number of hydrogen-bond donors (Lipinski definition) is 2. The Hall–Kier alpha value is -1.92. The zero-order chi connectivity index (χ0) is 16.4. The third kappa shape index (κ3) is 2.84. The van der Waals surface area contributed by atoms with Gasteiger partial charge in [0.15, 0.2) is 0 Å². The third-order valence-electron chi connectivity index (χ3n) is 4.73. The van der Waals surface area contributed by atoms with Gasteiger partial charge < -0.3 is 19.9 Å². The summed E-state index contributed by atoms with van der Waals surface area (Å²) in [5.74, 6) is -1.22. The largest absolute Gasteiger partial charge is 0.478 e. The molecular formula is C17H21NO5. The van der Waals surface area contributed by atoms with E-state index < -0.39 is 11.6 Å². The number of aromatic carboxylic acids is 1. The van der Waals surface area contributed by atoms with E-state index in [2.05, 4.69) is 5.32 Å². The fraction of sp³-hybridized carbons (Fsp3) is 0.529. The lowest BCUT2D eigenvalue weighted by molar-refractivity contribution is -0.194. The van der Waals surface area contributed by atoms with Crippen molar-refractivity contribution in [3.05, 3.63) is 35.4 Å². The number of benzene rings is 1. The fourth-order valence-electron chi connectivity index (χ4n) is 3.49. The van der Waals surface area contributed by atoms with Crippen molar-refractivity contribution in [3.8, 4) is 0 Å². The summed E-state index contributed by atoms with van der Waals surface area (Å²) < 4.78 is 11.7. The van der Waals surface area contributed by atoms with E-state index in [1.165, 1.54) is 24.3 Å². The van der Waals surface area contributed by atoms with Crippen LogP contribution in [0.1, 0.15) is 46.9 Å². The first-order valence-corrected chi connectivity index (χ1v) is 7.96. The molecule has 2 N–H and O–H groups in total. The van der Waals surface area contributed by atoms with Crippen molar-refractivity contribution >= 4 is 11.9 Å². The van der Waals surface area contributed by atoms with Crippen molar-refractivity contribution < 1.29 is 24.2 Å². The van der Waals surface area contributed by atoms with Crippen LogP contribution in [-0.2, 0) is 9.47 Å². The van der Waals surface area contributed by atoms with Crippen LogP contribution < -0.4 is 5.32 Å². The maximum Gasteiger partial charge on any atom is 0.335 e. The van der Waals surface area contributed by atoms with Crippen molar-refractivity contribution in [2.45, 2.75) is 43.9 Å². The fourth-order valence-corrected chi connectivity index (χ4v) is 3.49. The van der Waals surface area contributed by atoms with Crippen LogP contribution in [0.4, 0.5) is 0 Å². The van der Waals surface area contributed by atoms with Crippen LogP contribution in [0.5, 0.6) is 0 Å². The van der Waals surface area contributed by atoms with Crippen LogP contribution in [0, 0.1) is 0 Å². The van der Waals surface area contributed by atoms with E-state index in [0.717, 1.165) is 19.3 Å². The number of rotatable bonds is 5. The summed E-state index contributed by atoms with van der Waals surface area (Å²) in [5.41, 5.74) is 0.215. The van der Waals surface area contributed by atoms with Gasteiger partial charge in [-0.2, -0.15) is 0 Å². The molecule has 1 saturated heterocycles. The number of carboxylic acid groups (broad SMARTS) is 1. The van der Waals surface area contributed by atoms with Gasteiger partial charge in [-0.15, -0.1) is 0 Å². The van der Waals surface area contributed by atoms with Gasteiger partial charge in [0.1, 0.15) is 5.60 Å². The number of carbonyl (C=O) groups excluding carboxylic acids is 1. The van der Waals surface area contributed by atoms with E-state index in [0.29, 0.717) is 18.8 Å². The Morgan fingerprint density at radius 1 is 1.35 bits per heavy atom. The van der Waals surface area contributed by atoms with Gasteiger partial charge in [-0.1, -0.05) is 0 Å². The maximum atomic E-state index is 12.4. The second kappa shape index (κ2) is 6.29. The van der Waals surface area contributed by atoms with Gasteiger partial charge in [-0.05, 0) is 50.5 Å². The molecule has 2 aliphatic rings. The Morgan fingerprint density at radius 2 is 2.04 bits per heavy atom. The Balaban J connectivity index is 1.67. The van der Waals surface area contributed by atoms with Crippen LogP contribution in [0.2, 0.25) is 0 Å². The predicted octanol–water partition coefficient (Wildman–Crippen LogP) is 1.84. The first-order valence-electron chi connectivity index (χ1n) is 7.96. The average molecular weight is 319 g/mol.